The average molecular weight is 228 g/mol. The fourth-order valence-electron chi connectivity index (χ4n) is 2.09. The Morgan fingerprint density at radius 2 is 2.31 bits per heavy atom. The highest BCUT2D eigenvalue weighted by Crippen LogP contribution is 2.17. The van der Waals surface area contributed by atoms with Gasteiger partial charge in [0, 0.05) is 32.7 Å². The summed E-state index contributed by atoms with van der Waals surface area (Å²) >= 11 is 0. The van der Waals surface area contributed by atoms with Gasteiger partial charge in [0.1, 0.15) is 0 Å². The molecule has 1 aliphatic rings. The fourth-order valence-corrected chi connectivity index (χ4v) is 2.09. The van der Waals surface area contributed by atoms with E-state index in [-0.39, 0.29) is 5.91 Å². The van der Waals surface area contributed by atoms with Crippen molar-refractivity contribution >= 4 is 5.91 Å². The first kappa shape index (κ1) is 13.5. The third kappa shape index (κ3) is 4.49. The van der Waals surface area contributed by atoms with E-state index in [1.807, 2.05) is 11.8 Å². The summed E-state index contributed by atoms with van der Waals surface area (Å²) in [6, 6.07) is 0. The lowest BCUT2D eigenvalue weighted by Crippen LogP contribution is -2.35. The van der Waals surface area contributed by atoms with Crippen LogP contribution in [-0.2, 0) is 9.53 Å². The van der Waals surface area contributed by atoms with E-state index < -0.39 is 0 Å². The number of ether oxygens (including phenoxy) is 1. The average Bonchev–Trinajstić information content (AvgIpc) is 2.34. The van der Waals surface area contributed by atoms with Crippen molar-refractivity contribution in [2.45, 2.75) is 45.1 Å². The van der Waals surface area contributed by atoms with Gasteiger partial charge in [0.25, 0.3) is 0 Å². The van der Waals surface area contributed by atoms with E-state index >= 15 is 0 Å². The Kier molecular flexibility index (Phi) is 6.42. The number of nitrogens with zero attached hydrogens (tertiary/aromatic N) is 1. The summed E-state index contributed by atoms with van der Waals surface area (Å²) in [5.41, 5.74) is 5.46. The molecule has 0 radical (unpaired) electrons. The molecule has 1 heterocycles. The van der Waals surface area contributed by atoms with Crippen LogP contribution in [0.5, 0.6) is 0 Å². The summed E-state index contributed by atoms with van der Waals surface area (Å²) in [6.45, 7) is 4.81. The Morgan fingerprint density at radius 1 is 1.50 bits per heavy atom. The molecule has 94 valence electrons. The molecule has 1 aliphatic heterocycles. The number of amides is 1. The second-order valence-corrected chi connectivity index (χ2v) is 4.29. The van der Waals surface area contributed by atoms with Crippen LogP contribution in [0.4, 0.5) is 0 Å². The van der Waals surface area contributed by atoms with Gasteiger partial charge in [0.05, 0.1) is 6.10 Å². The lowest BCUT2D eigenvalue weighted by atomic mass is 10.0. The maximum atomic E-state index is 11.8. The van der Waals surface area contributed by atoms with Crippen molar-refractivity contribution in [3.63, 3.8) is 0 Å². The highest BCUT2D eigenvalue weighted by Gasteiger charge is 2.17. The molecule has 1 fully saturated rings. The van der Waals surface area contributed by atoms with Gasteiger partial charge < -0.3 is 15.4 Å². The van der Waals surface area contributed by atoms with Gasteiger partial charge in [-0.15, -0.1) is 0 Å². The standard InChI is InChI=1S/C12H24N2O2/c1-2-14(9-8-13)12(15)7-6-11-5-3-4-10-16-11/h11H,2-10,13H2,1H3. The van der Waals surface area contributed by atoms with Crippen LogP contribution >= 0.6 is 0 Å². The van der Waals surface area contributed by atoms with Crippen LogP contribution in [0.2, 0.25) is 0 Å². The van der Waals surface area contributed by atoms with Crippen molar-refractivity contribution in [3.8, 4) is 0 Å². The van der Waals surface area contributed by atoms with Gasteiger partial charge in [0.15, 0.2) is 0 Å². The molecule has 1 saturated heterocycles. The van der Waals surface area contributed by atoms with E-state index in [9.17, 15) is 4.79 Å². The summed E-state index contributed by atoms with van der Waals surface area (Å²) in [7, 11) is 0. The van der Waals surface area contributed by atoms with Gasteiger partial charge in [0.2, 0.25) is 5.91 Å². The molecule has 0 aromatic rings. The van der Waals surface area contributed by atoms with Gasteiger partial charge in [-0.2, -0.15) is 0 Å². The Hall–Kier alpha value is -0.610. The van der Waals surface area contributed by atoms with Crippen LogP contribution < -0.4 is 5.73 Å². The molecular weight excluding hydrogens is 204 g/mol. The molecule has 1 unspecified atom stereocenters. The highest BCUT2D eigenvalue weighted by atomic mass is 16.5. The number of carbonyl (C=O) groups is 1. The molecule has 16 heavy (non-hydrogen) atoms. The Morgan fingerprint density at radius 3 is 2.88 bits per heavy atom. The van der Waals surface area contributed by atoms with Crippen molar-refractivity contribution < 1.29 is 9.53 Å². The predicted molar refractivity (Wildman–Crippen MR) is 64.1 cm³/mol. The van der Waals surface area contributed by atoms with Gasteiger partial charge in [-0.25, -0.2) is 0 Å². The quantitative estimate of drug-likeness (QED) is 0.742. The lowest BCUT2D eigenvalue weighted by Gasteiger charge is -2.24. The van der Waals surface area contributed by atoms with Crippen molar-refractivity contribution in [1.82, 2.24) is 4.90 Å². The number of rotatable bonds is 6. The SMILES string of the molecule is CCN(CCN)C(=O)CCC1CCCCO1. The topological polar surface area (TPSA) is 55.6 Å². The highest BCUT2D eigenvalue weighted by molar-refractivity contribution is 5.76. The van der Waals surface area contributed by atoms with Gasteiger partial charge in [-0.05, 0) is 32.6 Å². The van der Waals surface area contributed by atoms with Crippen LogP contribution in [0.25, 0.3) is 0 Å². The zero-order chi connectivity index (χ0) is 11.8. The first-order valence-electron chi connectivity index (χ1n) is 6.37. The number of likely N-dealkylation sites (N-methyl/N-ethyl adjacent to an activating group) is 1. The van der Waals surface area contributed by atoms with E-state index in [4.69, 9.17) is 10.5 Å². The van der Waals surface area contributed by atoms with Crippen LogP contribution in [0.3, 0.4) is 0 Å². The molecule has 4 heteroatoms. The monoisotopic (exact) mass is 228 g/mol. The zero-order valence-electron chi connectivity index (χ0n) is 10.3. The molecule has 0 spiro atoms. The van der Waals surface area contributed by atoms with E-state index in [0.717, 1.165) is 26.0 Å². The molecule has 1 amide bonds. The summed E-state index contributed by atoms with van der Waals surface area (Å²) in [6.07, 6.45) is 5.27. The smallest absolute Gasteiger partial charge is 0.222 e. The minimum absolute atomic E-state index is 0.210. The number of nitrogens with two attached hydrogens (primary N) is 1. The molecule has 0 aliphatic carbocycles. The first-order chi connectivity index (χ1) is 7.77. The number of hydrogen-bond donors (Lipinski definition) is 1. The van der Waals surface area contributed by atoms with E-state index in [2.05, 4.69) is 0 Å². The molecule has 1 rings (SSSR count). The van der Waals surface area contributed by atoms with E-state index in [0.29, 0.717) is 25.6 Å². The molecule has 0 aromatic heterocycles. The maximum Gasteiger partial charge on any atom is 0.222 e. The fraction of sp³-hybridized carbons (Fsp3) is 0.917. The third-order valence-corrected chi connectivity index (χ3v) is 3.09. The van der Waals surface area contributed by atoms with E-state index in [1.165, 1.54) is 12.8 Å². The molecule has 0 saturated carbocycles. The Bertz CT molecular complexity index is 203. The molecular formula is C12H24N2O2. The number of carbonyl (C=O) groups excluding carboxylic acids is 1. The number of hydrogen-bond acceptors (Lipinski definition) is 3. The van der Waals surface area contributed by atoms with Gasteiger partial charge in [-0.1, -0.05) is 0 Å². The first-order valence-corrected chi connectivity index (χ1v) is 6.37. The van der Waals surface area contributed by atoms with Crippen molar-refractivity contribution in [3.05, 3.63) is 0 Å². The van der Waals surface area contributed by atoms with Crippen molar-refractivity contribution in [1.29, 1.82) is 0 Å². The normalized spacial score (nSPS) is 20.8. The van der Waals surface area contributed by atoms with E-state index in [1.54, 1.807) is 0 Å². The summed E-state index contributed by atoms with van der Waals surface area (Å²) in [4.78, 5) is 13.6. The molecule has 1 atom stereocenters. The zero-order valence-corrected chi connectivity index (χ0v) is 10.3. The predicted octanol–water partition coefficient (Wildman–Crippen LogP) is 1.14. The molecule has 2 N–H and O–H groups in total. The molecule has 0 aromatic carbocycles. The van der Waals surface area contributed by atoms with Crippen LogP contribution in [0.15, 0.2) is 0 Å². The molecule has 4 nitrogen and oxygen atoms in total. The molecule has 0 bridgehead atoms. The largest absolute Gasteiger partial charge is 0.378 e. The summed E-state index contributed by atoms with van der Waals surface area (Å²) in [5.74, 6) is 0.210. The third-order valence-electron chi connectivity index (χ3n) is 3.09. The second-order valence-electron chi connectivity index (χ2n) is 4.29. The van der Waals surface area contributed by atoms with Gasteiger partial charge >= 0.3 is 0 Å². The summed E-state index contributed by atoms with van der Waals surface area (Å²) < 4.78 is 5.61. The lowest BCUT2D eigenvalue weighted by molar-refractivity contribution is -0.131. The van der Waals surface area contributed by atoms with Crippen LogP contribution in [0, 0.1) is 0 Å². The second kappa shape index (κ2) is 7.63. The van der Waals surface area contributed by atoms with Crippen molar-refractivity contribution in [2.24, 2.45) is 5.73 Å². The Balaban J connectivity index is 2.21. The Labute approximate surface area is 98.1 Å². The van der Waals surface area contributed by atoms with Crippen LogP contribution in [0.1, 0.15) is 39.0 Å². The van der Waals surface area contributed by atoms with Crippen molar-refractivity contribution in [2.75, 3.05) is 26.2 Å². The van der Waals surface area contributed by atoms with Crippen LogP contribution in [-0.4, -0.2) is 43.2 Å². The maximum absolute atomic E-state index is 11.8. The minimum atomic E-state index is 0.210. The minimum Gasteiger partial charge on any atom is -0.378 e. The van der Waals surface area contributed by atoms with Gasteiger partial charge in [-0.3, -0.25) is 4.79 Å². The summed E-state index contributed by atoms with van der Waals surface area (Å²) in [5, 5.41) is 0.